The molecule has 2 nitrogen and oxygen atoms in total. The molecule has 1 aliphatic heterocycles. The summed E-state index contributed by atoms with van der Waals surface area (Å²) in [5.74, 6) is 1.35. The molecule has 1 aliphatic rings. The number of benzene rings is 5. The van der Waals surface area contributed by atoms with Crippen LogP contribution < -0.4 is 9.47 Å². The highest BCUT2D eigenvalue weighted by Gasteiger charge is 2.37. The maximum Gasteiger partial charge on any atom is 0.178 e. The Labute approximate surface area is 191 Å². The van der Waals surface area contributed by atoms with Gasteiger partial charge in [0.1, 0.15) is 17.3 Å². The third-order valence-corrected chi connectivity index (χ3v) is 6.44. The van der Waals surface area contributed by atoms with Crippen LogP contribution in [0.25, 0.3) is 27.6 Å². The smallest absolute Gasteiger partial charge is 0.178 e. The summed E-state index contributed by atoms with van der Waals surface area (Å²) in [5.41, 5.74) is 2.02. The SMILES string of the molecule is COc1ccc2cc(C3(c4ccc(F)cc4)C=Cc4c(ccc5ccccc45)O3)ccc2c1. The van der Waals surface area contributed by atoms with E-state index in [-0.39, 0.29) is 5.82 Å². The van der Waals surface area contributed by atoms with Crippen molar-refractivity contribution in [2.75, 3.05) is 7.11 Å². The Morgan fingerprint density at radius 3 is 2.30 bits per heavy atom. The molecule has 3 heteroatoms. The van der Waals surface area contributed by atoms with E-state index >= 15 is 0 Å². The van der Waals surface area contributed by atoms with Gasteiger partial charge in [-0.25, -0.2) is 4.39 Å². The summed E-state index contributed by atoms with van der Waals surface area (Å²) in [6.45, 7) is 0. The minimum atomic E-state index is -0.878. The predicted molar refractivity (Wildman–Crippen MR) is 131 cm³/mol. The van der Waals surface area contributed by atoms with E-state index in [1.165, 1.54) is 17.5 Å². The van der Waals surface area contributed by atoms with Gasteiger partial charge in [0.05, 0.1) is 7.11 Å². The van der Waals surface area contributed by atoms with E-state index in [4.69, 9.17) is 9.47 Å². The van der Waals surface area contributed by atoms with Crippen molar-refractivity contribution in [3.8, 4) is 11.5 Å². The second-order valence-electron chi connectivity index (χ2n) is 8.30. The largest absolute Gasteiger partial charge is 0.497 e. The van der Waals surface area contributed by atoms with Crippen LogP contribution in [0, 0.1) is 5.82 Å². The van der Waals surface area contributed by atoms with Gasteiger partial charge in [-0.1, -0.05) is 60.7 Å². The standard InChI is InChI=1S/C30H21FO2/c1-32-26-14-7-21-18-24(9-6-22(21)19-26)30(23-10-12-25(31)13-11-23)17-16-28-27-5-3-2-4-20(27)8-15-29(28)33-30/h2-19H,1H3. The highest BCUT2D eigenvalue weighted by Crippen LogP contribution is 2.44. The minimum Gasteiger partial charge on any atom is -0.497 e. The van der Waals surface area contributed by atoms with Crippen molar-refractivity contribution in [3.05, 3.63) is 126 Å². The van der Waals surface area contributed by atoms with Gasteiger partial charge in [-0.15, -0.1) is 0 Å². The average Bonchev–Trinajstić information content (AvgIpc) is 2.88. The summed E-state index contributed by atoms with van der Waals surface area (Å²) in [6.07, 6.45) is 4.21. The monoisotopic (exact) mass is 432 g/mol. The van der Waals surface area contributed by atoms with Crippen LogP contribution in [-0.4, -0.2) is 7.11 Å². The summed E-state index contributed by atoms with van der Waals surface area (Å²) < 4.78 is 26.0. The lowest BCUT2D eigenvalue weighted by Gasteiger charge is -2.36. The molecule has 0 spiro atoms. The zero-order valence-electron chi connectivity index (χ0n) is 18.1. The zero-order valence-corrected chi connectivity index (χ0v) is 18.1. The van der Waals surface area contributed by atoms with Gasteiger partial charge in [0, 0.05) is 16.7 Å². The summed E-state index contributed by atoms with van der Waals surface area (Å²) in [4.78, 5) is 0. The number of rotatable bonds is 3. The first kappa shape index (κ1) is 19.6. The number of fused-ring (bicyclic) bond motifs is 4. The molecule has 0 amide bonds. The van der Waals surface area contributed by atoms with Crippen LogP contribution in [-0.2, 0) is 5.60 Å². The Morgan fingerprint density at radius 2 is 1.45 bits per heavy atom. The van der Waals surface area contributed by atoms with E-state index in [0.29, 0.717) is 0 Å². The summed E-state index contributed by atoms with van der Waals surface area (Å²) in [7, 11) is 1.67. The van der Waals surface area contributed by atoms with Gasteiger partial charge in [0.15, 0.2) is 5.60 Å². The molecule has 1 atom stereocenters. The number of ether oxygens (including phenoxy) is 2. The number of methoxy groups -OCH3 is 1. The fourth-order valence-electron chi connectivity index (χ4n) is 4.70. The summed E-state index contributed by atoms with van der Waals surface area (Å²) in [6, 6.07) is 31.2. The van der Waals surface area contributed by atoms with Crippen LogP contribution in [0.4, 0.5) is 4.39 Å². The van der Waals surface area contributed by atoms with E-state index in [0.717, 1.165) is 44.3 Å². The van der Waals surface area contributed by atoms with Gasteiger partial charge >= 0.3 is 0 Å². The molecule has 0 saturated heterocycles. The Kier molecular flexibility index (Phi) is 4.44. The lowest BCUT2D eigenvalue weighted by Crippen LogP contribution is -2.34. The second kappa shape index (κ2) is 7.49. The van der Waals surface area contributed by atoms with E-state index in [1.807, 2.05) is 36.4 Å². The van der Waals surface area contributed by atoms with Crippen molar-refractivity contribution in [3.63, 3.8) is 0 Å². The molecule has 33 heavy (non-hydrogen) atoms. The van der Waals surface area contributed by atoms with Gasteiger partial charge in [-0.3, -0.25) is 0 Å². The molecule has 1 heterocycles. The third kappa shape index (κ3) is 3.16. The van der Waals surface area contributed by atoms with Gasteiger partial charge in [-0.2, -0.15) is 0 Å². The Balaban J connectivity index is 1.57. The molecule has 1 unspecified atom stereocenters. The third-order valence-electron chi connectivity index (χ3n) is 6.44. The van der Waals surface area contributed by atoms with E-state index in [9.17, 15) is 4.39 Å². The van der Waals surface area contributed by atoms with Crippen molar-refractivity contribution in [2.24, 2.45) is 0 Å². The van der Waals surface area contributed by atoms with Crippen LogP contribution in [0.15, 0.2) is 103 Å². The van der Waals surface area contributed by atoms with Crippen LogP contribution in [0.1, 0.15) is 16.7 Å². The van der Waals surface area contributed by atoms with Crippen LogP contribution in [0.2, 0.25) is 0 Å². The quantitative estimate of drug-likeness (QED) is 0.294. The average molecular weight is 432 g/mol. The van der Waals surface area contributed by atoms with E-state index < -0.39 is 5.60 Å². The van der Waals surface area contributed by atoms with E-state index in [2.05, 4.69) is 48.6 Å². The fraction of sp³-hybridized carbons (Fsp3) is 0.0667. The first-order valence-corrected chi connectivity index (χ1v) is 10.9. The van der Waals surface area contributed by atoms with Crippen molar-refractivity contribution >= 4 is 27.6 Å². The zero-order chi connectivity index (χ0) is 22.4. The molecular weight excluding hydrogens is 411 g/mol. The van der Waals surface area contributed by atoms with Crippen LogP contribution >= 0.6 is 0 Å². The molecule has 0 aromatic heterocycles. The second-order valence-corrected chi connectivity index (χ2v) is 8.30. The highest BCUT2D eigenvalue weighted by molar-refractivity contribution is 5.94. The van der Waals surface area contributed by atoms with E-state index in [1.54, 1.807) is 19.2 Å². The lowest BCUT2D eigenvalue weighted by atomic mass is 9.82. The molecule has 160 valence electrons. The number of hydrogen-bond donors (Lipinski definition) is 0. The molecule has 6 rings (SSSR count). The molecule has 0 N–H and O–H groups in total. The maximum atomic E-state index is 13.8. The lowest BCUT2D eigenvalue weighted by molar-refractivity contribution is 0.161. The molecule has 0 fully saturated rings. The van der Waals surface area contributed by atoms with Crippen molar-refractivity contribution in [1.29, 1.82) is 0 Å². The highest BCUT2D eigenvalue weighted by atomic mass is 19.1. The molecular formula is C30H21FO2. The number of halogens is 1. The van der Waals surface area contributed by atoms with Gasteiger partial charge in [-0.05, 0) is 70.1 Å². The molecule has 0 saturated carbocycles. The molecule has 5 aromatic carbocycles. The summed E-state index contributed by atoms with van der Waals surface area (Å²) >= 11 is 0. The Hall–Kier alpha value is -4.11. The van der Waals surface area contributed by atoms with Gasteiger partial charge in [0.2, 0.25) is 0 Å². The van der Waals surface area contributed by atoms with Crippen LogP contribution in [0.3, 0.4) is 0 Å². The first-order valence-electron chi connectivity index (χ1n) is 10.9. The Bertz CT molecular complexity index is 1540. The molecule has 0 radical (unpaired) electrons. The number of hydrogen-bond acceptors (Lipinski definition) is 2. The topological polar surface area (TPSA) is 18.5 Å². The molecule has 0 bridgehead atoms. The maximum absolute atomic E-state index is 13.8. The first-order chi connectivity index (χ1) is 16.2. The van der Waals surface area contributed by atoms with Crippen molar-refractivity contribution in [2.45, 2.75) is 5.60 Å². The molecule has 5 aromatic rings. The summed E-state index contributed by atoms with van der Waals surface area (Å²) in [5, 5.41) is 4.47. The van der Waals surface area contributed by atoms with Gasteiger partial charge in [0.25, 0.3) is 0 Å². The normalized spacial score (nSPS) is 17.0. The predicted octanol–water partition coefficient (Wildman–Crippen LogP) is 7.49. The minimum absolute atomic E-state index is 0.273. The van der Waals surface area contributed by atoms with Gasteiger partial charge < -0.3 is 9.47 Å². The van der Waals surface area contributed by atoms with Crippen LogP contribution in [0.5, 0.6) is 11.5 Å². The van der Waals surface area contributed by atoms with Crippen molar-refractivity contribution < 1.29 is 13.9 Å². The fourth-order valence-corrected chi connectivity index (χ4v) is 4.70. The molecule has 0 aliphatic carbocycles. The van der Waals surface area contributed by atoms with Crippen molar-refractivity contribution in [1.82, 2.24) is 0 Å². The Morgan fingerprint density at radius 1 is 0.727 bits per heavy atom.